The monoisotopic (exact) mass is 361 g/mol. The van der Waals surface area contributed by atoms with Crippen LogP contribution in [0.1, 0.15) is 21.5 Å². The van der Waals surface area contributed by atoms with Gasteiger partial charge in [-0.3, -0.25) is 4.79 Å². The fraction of sp³-hybridized carbons (Fsp3) is 0.0909. The first-order chi connectivity index (χ1) is 13.1. The summed E-state index contributed by atoms with van der Waals surface area (Å²) in [5.41, 5.74) is 1.70. The second-order valence-corrected chi connectivity index (χ2v) is 6.33. The fourth-order valence-electron chi connectivity index (χ4n) is 3.55. The number of rotatable bonds is 3. The van der Waals surface area contributed by atoms with E-state index in [1.165, 1.54) is 19.2 Å². The summed E-state index contributed by atoms with van der Waals surface area (Å²) in [6, 6.07) is 20.3. The number of nitrogens with one attached hydrogen (secondary N) is 1. The van der Waals surface area contributed by atoms with Gasteiger partial charge in [0.15, 0.2) is 5.54 Å². The molecule has 0 saturated heterocycles. The second kappa shape index (κ2) is 6.36. The Morgan fingerprint density at radius 1 is 0.963 bits per heavy atom. The number of carbonyl (C=O) groups excluding carboxylic acids is 2. The van der Waals surface area contributed by atoms with Crippen molar-refractivity contribution in [2.75, 3.05) is 7.11 Å². The summed E-state index contributed by atoms with van der Waals surface area (Å²) in [4.78, 5) is 25.2. The minimum absolute atomic E-state index is 0.320. The van der Waals surface area contributed by atoms with Crippen molar-refractivity contribution < 1.29 is 18.7 Å². The Labute approximate surface area is 155 Å². The van der Waals surface area contributed by atoms with Crippen LogP contribution >= 0.6 is 0 Å². The lowest BCUT2D eigenvalue weighted by molar-refractivity contribution is -0.146. The molecule has 0 fully saturated rings. The zero-order valence-corrected chi connectivity index (χ0v) is 14.5. The zero-order valence-electron chi connectivity index (χ0n) is 14.5. The van der Waals surface area contributed by atoms with E-state index in [-0.39, 0.29) is 11.7 Å². The molecule has 1 aliphatic heterocycles. The average molecular weight is 361 g/mol. The van der Waals surface area contributed by atoms with Crippen LogP contribution < -0.4 is 5.32 Å². The van der Waals surface area contributed by atoms with Crippen molar-refractivity contribution in [3.63, 3.8) is 0 Å². The van der Waals surface area contributed by atoms with E-state index >= 15 is 0 Å². The van der Waals surface area contributed by atoms with Gasteiger partial charge in [0.1, 0.15) is 5.82 Å². The number of hydrogen-bond acceptors (Lipinski definition) is 3. The Morgan fingerprint density at radius 2 is 1.70 bits per heavy atom. The van der Waals surface area contributed by atoms with Crippen LogP contribution in [0.3, 0.4) is 0 Å². The lowest BCUT2D eigenvalue weighted by Crippen LogP contribution is -2.48. The van der Waals surface area contributed by atoms with Crippen molar-refractivity contribution in [3.8, 4) is 11.1 Å². The van der Waals surface area contributed by atoms with Crippen LogP contribution in [-0.2, 0) is 15.1 Å². The van der Waals surface area contributed by atoms with E-state index in [1.807, 2.05) is 0 Å². The van der Waals surface area contributed by atoms with Gasteiger partial charge in [-0.05, 0) is 34.9 Å². The van der Waals surface area contributed by atoms with Gasteiger partial charge in [-0.25, -0.2) is 9.18 Å². The number of esters is 1. The minimum Gasteiger partial charge on any atom is -0.467 e. The summed E-state index contributed by atoms with van der Waals surface area (Å²) in [6.07, 6.45) is 0. The van der Waals surface area contributed by atoms with Crippen molar-refractivity contribution in [2.24, 2.45) is 0 Å². The molecule has 1 amide bonds. The molecule has 4 rings (SSSR count). The van der Waals surface area contributed by atoms with Crippen LogP contribution in [0.4, 0.5) is 4.39 Å². The van der Waals surface area contributed by atoms with Crippen LogP contribution in [0.15, 0.2) is 72.8 Å². The van der Waals surface area contributed by atoms with Crippen LogP contribution in [0, 0.1) is 5.82 Å². The van der Waals surface area contributed by atoms with Crippen molar-refractivity contribution in [1.29, 1.82) is 0 Å². The molecular formula is C22H16FNO3. The summed E-state index contributed by atoms with van der Waals surface area (Å²) < 4.78 is 18.5. The van der Waals surface area contributed by atoms with E-state index in [0.717, 1.165) is 11.1 Å². The lowest BCUT2D eigenvalue weighted by Gasteiger charge is -2.28. The van der Waals surface area contributed by atoms with Gasteiger partial charge >= 0.3 is 5.97 Å². The van der Waals surface area contributed by atoms with E-state index < -0.39 is 11.5 Å². The number of amides is 1. The third-order valence-corrected chi connectivity index (χ3v) is 4.84. The fourth-order valence-corrected chi connectivity index (χ4v) is 3.55. The van der Waals surface area contributed by atoms with Crippen LogP contribution in [0.2, 0.25) is 0 Å². The Hall–Kier alpha value is -3.47. The molecule has 5 heteroatoms. The van der Waals surface area contributed by atoms with E-state index in [4.69, 9.17) is 4.74 Å². The van der Waals surface area contributed by atoms with Gasteiger partial charge in [0.25, 0.3) is 5.91 Å². The summed E-state index contributed by atoms with van der Waals surface area (Å²) >= 11 is 0. The van der Waals surface area contributed by atoms with Gasteiger partial charge in [0.05, 0.1) is 7.11 Å². The van der Waals surface area contributed by atoms with Crippen molar-refractivity contribution in [3.05, 3.63) is 95.3 Å². The highest BCUT2D eigenvalue weighted by Crippen LogP contribution is 2.38. The lowest BCUT2D eigenvalue weighted by atomic mass is 9.83. The molecule has 1 unspecified atom stereocenters. The number of benzene rings is 3. The predicted molar refractivity (Wildman–Crippen MR) is 98.5 cm³/mol. The normalized spacial score (nSPS) is 17.9. The first kappa shape index (κ1) is 17.0. The molecule has 0 radical (unpaired) electrons. The molecular weight excluding hydrogens is 345 g/mol. The SMILES string of the molecule is COC(=O)C1(c2ccc(-c3cccc(F)c3)cc2)NC(=O)c2ccccc21. The Morgan fingerprint density at radius 3 is 2.41 bits per heavy atom. The molecule has 0 spiro atoms. The highest BCUT2D eigenvalue weighted by Gasteiger charge is 2.51. The Bertz CT molecular complexity index is 1050. The maximum absolute atomic E-state index is 13.5. The molecule has 1 aliphatic rings. The highest BCUT2D eigenvalue weighted by atomic mass is 19.1. The number of ether oxygens (including phenoxy) is 1. The Kier molecular flexibility index (Phi) is 4.00. The third-order valence-electron chi connectivity index (χ3n) is 4.84. The molecule has 1 heterocycles. The number of methoxy groups -OCH3 is 1. The largest absolute Gasteiger partial charge is 0.467 e. The Balaban J connectivity index is 1.84. The maximum Gasteiger partial charge on any atom is 0.341 e. The molecule has 4 nitrogen and oxygen atoms in total. The third kappa shape index (κ3) is 2.59. The number of halogens is 1. The topological polar surface area (TPSA) is 55.4 Å². The molecule has 1 atom stereocenters. The standard InChI is InChI=1S/C22H16FNO3/c1-27-21(26)22(19-8-3-2-7-18(19)20(25)24-22)16-11-9-14(10-12-16)15-5-4-6-17(23)13-15/h2-13H,1H3,(H,24,25). The highest BCUT2D eigenvalue weighted by molar-refractivity contribution is 6.07. The van der Waals surface area contributed by atoms with E-state index in [2.05, 4.69) is 5.32 Å². The summed E-state index contributed by atoms with van der Waals surface area (Å²) in [5, 5.41) is 2.79. The second-order valence-electron chi connectivity index (χ2n) is 6.33. The maximum atomic E-state index is 13.5. The van der Waals surface area contributed by atoms with E-state index in [0.29, 0.717) is 16.7 Å². The van der Waals surface area contributed by atoms with Crippen molar-refractivity contribution >= 4 is 11.9 Å². The smallest absolute Gasteiger partial charge is 0.341 e. The first-order valence-corrected chi connectivity index (χ1v) is 8.43. The molecule has 3 aromatic carbocycles. The van der Waals surface area contributed by atoms with Gasteiger partial charge in [0.2, 0.25) is 0 Å². The van der Waals surface area contributed by atoms with Gasteiger partial charge in [-0.1, -0.05) is 54.6 Å². The van der Waals surface area contributed by atoms with E-state index in [1.54, 1.807) is 60.7 Å². The molecule has 0 saturated carbocycles. The zero-order chi connectivity index (χ0) is 19.0. The van der Waals surface area contributed by atoms with Crippen molar-refractivity contribution in [2.45, 2.75) is 5.54 Å². The van der Waals surface area contributed by atoms with Gasteiger partial charge in [-0.2, -0.15) is 0 Å². The quantitative estimate of drug-likeness (QED) is 0.725. The van der Waals surface area contributed by atoms with Crippen LogP contribution in [0.5, 0.6) is 0 Å². The van der Waals surface area contributed by atoms with Crippen molar-refractivity contribution in [1.82, 2.24) is 5.32 Å². The molecule has 134 valence electrons. The first-order valence-electron chi connectivity index (χ1n) is 8.43. The molecule has 0 aromatic heterocycles. The average Bonchev–Trinajstić information content (AvgIpc) is 3.01. The summed E-state index contributed by atoms with van der Waals surface area (Å²) in [7, 11) is 1.29. The molecule has 0 bridgehead atoms. The molecule has 3 aromatic rings. The minimum atomic E-state index is -1.40. The van der Waals surface area contributed by atoms with Gasteiger partial charge < -0.3 is 10.1 Å². The predicted octanol–water partition coefficient (Wildman–Crippen LogP) is 3.65. The van der Waals surface area contributed by atoms with Gasteiger partial charge in [-0.15, -0.1) is 0 Å². The number of hydrogen-bond donors (Lipinski definition) is 1. The van der Waals surface area contributed by atoms with Gasteiger partial charge in [0, 0.05) is 11.1 Å². The molecule has 0 aliphatic carbocycles. The van der Waals surface area contributed by atoms with Crippen LogP contribution in [-0.4, -0.2) is 19.0 Å². The summed E-state index contributed by atoms with van der Waals surface area (Å²) in [6.45, 7) is 0. The molecule has 1 N–H and O–H groups in total. The number of carbonyl (C=O) groups is 2. The number of fused-ring (bicyclic) bond motifs is 1. The van der Waals surface area contributed by atoms with Crippen LogP contribution in [0.25, 0.3) is 11.1 Å². The molecule has 27 heavy (non-hydrogen) atoms. The van der Waals surface area contributed by atoms with E-state index in [9.17, 15) is 14.0 Å². The summed E-state index contributed by atoms with van der Waals surface area (Å²) in [5.74, 6) is -1.22.